The second-order valence-corrected chi connectivity index (χ2v) is 9.07. The van der Waals surface area contributed by atoms with Crippen molar-refractivity contribution in [1.29, 1.82) is 5.26 Å². The molecule has 0 heterocycles. The van der Waals surface area contributed by atoms with Gasteiger partial charge in [0.2, 0.25) is 5.91 Å². The van der Waals surface area contributed by atoms with E-state index in [0.29, 0.717) is 16.1 Å². The first-order chi connectivity index (χ1) is 11.1. The number of benzene rings is 1. The molecule has 4 heteroatoms. The van der Waals surface area contributed by atoms with Gasteiger partial charge in [-0.3, -0.25) is 4.79 Å². The lowest BCUT2D eigenvalue weighted by Crippen LogP contribution is -2.49. The third-order valence-corrected chi connectivity index (χ3v) is 7.31. The van der Waals surface area contributed by atoms with Crippen LogP contribution < -0.4 is 5.32 Å². The Kier molecular flexibility index (Phi) is 3.85. The third kappa shape index (κ3) is 3.12. The van der Waals surface area contributed by atoms with Gasteiger partial charge in [-0.05, 0) is 80.5 Å². The van der Waals surface area contributed by atoms with Gasteiger partial charge in [-0.2, -0.15) is 5.26 Å². The second kappa shape index (κ2) is 5.87. The van der Waals surface area contributed by atoms with Crippen LogP contribution in [0.3, 0.4) is 0 Å². The lowest BCUT2D eigenvalue weighted by molar-refractivity contribution is -0.113. The molecule has 0 spiro atoms. The van der Waals surface area contributed by atoms with E-state index in [0.717, 1.165) is 23.4 Å². The summed E-state index contributed by atoms with van der Waals surface area (Å²) in [5, 5.41) is 11.8. The Morgan fingerprint density at radius 1 is 1.13 bits per heavy atom. The van der Waals surface area contributed by atoms with Crippen molar-refractivity contribution in [3.05, 3.63) is 29.8 Å². The van der Waals surface area contributed by atoms with E-state index in [9.17, 15) is 4.79 Å². The molecule has 1 amide bonds. The van der Waals surface area contributed by atoms with E-state index >= 15 is 0 Å². The van der Waals surface area contributed by atoms with Crippen molar-refractivity contribution in [3.63, 3.8) is 0 Å². The Balaban J connectivity index is 1.34. The Bertz CT molecular complexity index is 611. The molecule has 0 unspecified atom stereocenters. The predicted molar refractivity (Wildman–Crippen MR) is 93.1 cm³/mol. The van der Waals surface area contributed by atoms with Gasteiger partial charge >= 0.3 is 0 Å². The minimum atomic E-state index is 0.0791. The van der Waals surface area contributed by atoms with Crippen LogP contribution in [0.15, 0.2) is 24.3 Å². The summed E-state index contributed by atoms with van der Waals surface area (Å²) < 4.78 is 0.386. The van der Waals surface area contributed by atoms with E-state index in [-0.39, 0.29) is 5.91 Å². The maximum Gasteiger partial charge on any atom is 0.234 e. The summed E-state index contributed by atoms with van der Waals surface area (Å²) in [6, 6.07) is 9.16. The van der Waals surface area contributed by atoms with Crippen molar-refractivity contribution in [2.75, 3.05) is 11.1 Å². The smallest absolute Gasteiger partial charge is 0.234 e. The molecule has 3 nitrogen and oxygen atoms in total. The second-order valence-electron chi connectivity index (χ2n) is 7.63. The van der Waals surface area contributed by atoms with Crippen molar-refractivity contribution in [3.8, 4) is 6.07 Å². The first-order valence-corrected chi connectivity index (χ1v) is 9.57. The largest absolute Gasteiger partial charge is 0.325 e. The minimum absolute atomic E-state index is 0.0791. The Morgan fingerprint density at radius 2 is 1.70 bits per heavy atom. The lowest BCUT2D eigenvalue weighted by Gasteiger charge is -2.56. The van der Waals surface area contributed by atoms with Crippen LogP contribution in [0.1, 0.15) is 44.1 Å². The van der Waals surface area contributed by atoms with Gasteiger partial charge < -0.3 is 5.32 Å². The molecule has 4 aliphatic rings. The summed E-state index contributed by atoms with van der Waals surface area (Å²) in [6.45, 7) is 0. The summed E-state index contributed by atoms with van der Waals surface area (Å²) in [7, 11) is 0. The maximum absolute atomic E-state index is 12.3. The van der Waals surface area contributed by atoms with Gasteiger partial charge in [0.25, 0.3) is 0 Å². The van der Waals surface area contributed by atoms with Gasteiger partial charge in [0.15, 0.2) is 0 Å². The van der Waals surface area contributed by atoms with Gasteiger partial charge in [0.05, 0.1) is 17.4 Å². The van der Waals surface area contributed by atoms with Gasteiger partial charge in [0.1, 0.15) is 0 Å². The number of nitriles is 1. The standard InChI is InChI=1S/C19H22N2OS/c20-11-13-1-3-17(4-2-13)21-18(22)12-23-19-8-14-5-15(9-19)7-16(6-14)10-19/h1-4,14-16H,5-10,12H2,(H,21,22). The fraction of sp³-hybridized carbons (Fsp3) is 0.579. The van der Waals surface area contributed by atoms with Crippen LogP contribution >= 0.6 is 11.8 Å². The zero-order valence-electron chi connectivity index (χ0n) is 13.3. The molecule has 0 aromatic heterocycles. The Labute approximate surface area is 141 Å². The predicted octanol–water partition coefficient (Wildman–Crippen LogP) is 4.20. The van der Waals surface area contributed by atoms with E-state index in [4.69, 9.17) is 5.26 Å². The molecule has 4 bridgehead atoms. The van der Waals surface area contributed by atoms with Crippen molar-refractivity contribution >= 4 is 23.4 Å². The molecule has 1 aromatic carbocycles. The SMILES string of the molecule is N#Cc1ccc(NC(=O)CSC23CC4CC(CC(C4)C2)C3)cc1. The van der Waals surface area contributed by atoms with Gasteiger partial charge in [-0.15, -0.1) is 11.8 Å². The first-order valence-electron chi connectivity index (χ1n) is 8.58. The number of thioether (sulfide) groups is 1. The van der Waals surface area contributed by atoms with Crippen LogP contribution in [-0.4, -0.2) is 16.4 Å². The van der Waals surface area contributed by atoms with E-state index in [2.05, 4.69) is 11.4 Å². The fourth-order valence-corrected chi connectivity index (χ4v) is 6.82. The number of nitrogens with zero attached hydrogens (tertiary/aromatic N) is 1. The summed E-state index contributed by atoms with van der Waals surface area (Å²) in [5.74, 6) is 3.41. The zero-order valence-corrected chi connectivity index (χ0v) is 14.1. The molecule has 1 N–H and O–H groups in total. The number of hydrogen-bond donors (Lipinski definition) is 1. The van der Waals surface area contributed by atoms with E-state index < -0.39 is 0 Å². The highest BCUT2D eigenvalue weighted by molar-refractivity contribution is 8.01. The molecule has 4 fully saturated rings. The molecule has 4 aliphatic carbocycles. The average Bonchev–Trinajstić information content (AvgIpc) is 2.53. The van der Waals surface area contributed by atoms with E-state index in [1.54, 1.807) is 24.3 Å². The van der Waals surface area contributed by atoms with Crippen LogP contribution in [-0.2, 0) is 4.79 Å². The first kappa shape index (κ1) is 15.1. The van der Waals surface area contributed by atoms with Crippen molar-refractivity contribution in [2.24, 2.45) is 17.8 Å². The quantitative estimate of drug-likeness (QED) is 0.902. The number of amides is 1. The third-order valence-electron chi connectivity index (χ3n) is 5.79. The summed E-state index contributed by atoms with van der Waals surface area (Å²) in [6.07, 6.45) is 8.31. The molecule has 0 saturated heterocycles. The zero-order chi connectivity index (χ0) is 15.9. The van der Waals surface area contributed by atoms with Crippen LogP contribution in [0.5, 0.6) is 0 Å². The molecule has 0 radical (unpaired) electrons. The van der Waals surface area contributed by atoms with Gasteiger partial charge in [-0.1, -0.05) is 0 Å². The number of carbonyl (C=O) groups excluding carboxylic acids is 1. The minimum Gasteiger partial charge on any atom is -0.325 e. The molecule has 4 saturated carbocycles. The Morgan fingerprint density at radius 3 is 2.22 bits per heavy atom. The van der Waals surface area contributed by atoms with Gasteiger partial charge in [0, 0.05) is 10.4 Å². The topological polar surface area (TPSA) is 52.9 Å². The maximum atomic E-state index is 12.3. The Hall–Kier alpha value is -1.47. The van der Waals surface area contributed by atoms with E-state index in [1.165, 1.54) is 38.5 Å². The average molecular weight is 326 g/mol. The van der Waals surface area contributed by atoms with Gasteiger partial charge in [-0.25, -0.2) is 0 Å². The molecular formula is C19H22N2OS. The van der Waals surface area contributed by atoms with Crippen LogP contribution in [0, 0.1) is 29.1 Å². The molecule has 23 heavy (non-hydrogen) atoms. The lowest BCUT2D eigenvalue weighted by atomic mass is 9.56. The summed E-state index contributed by atoms with van der Waals surface area (Å²) >= 11 is 1.90. The number of nitrogens with one attached hydrogen (secondary N) is 1. The van der Waals surface area contributed by atoms with E-state index in [1.807, 2.05) is 11.8 Å². The monoisotopic (exact) mass is 326 g/mol. The number of carbonyl (C=O) groups is 1. The van der Waals surface area contributed by atoms with Crippen LogP contribution in [0.25, 0.3) is 0 Å². The number of hydrogen-bond acceptors (Lipinski definition) is 3. The fourth-order valence-electron chi connectivity index (χ4n) is 5.25. The number of anilines is 1. The molecule has 5 rings (SSSR count). The highest BCUT2D eigenvalue weighted by Gasteiger charge is 2.51. The normalized spacial score (nSPS) is 34.1. The van der Waals surface area contributed by atoms with Crippen molar-refractivity contribution in [2.45, 2.75) is 43.3 Å². The molecule has 1 aromatic rings. The molecule has 120 valence electrons. The highest BCUT2D eigenvalue weighted by atomic mass is 32.2. The van der Waals surface area contributed by atoms with Crippen LogP contribution in [0.4, 0.5) is 5.69 Å². The highest BCUT2D eigenvalue weighted by Crippen LogP contribution is 2.60. The molecule has 0 aliphatic heterocycles. The summed E-state index contributed by atoms with van der Waals surface area (Å²) in [5.41, 5.74) is 1.39. The van der Waals surface area contributed by atoms with Crippen molar-refractivity contribution < 1.29 is 4.79 Å². The van der Waals surface area contributed by atoms with Crippen molar-refractivity contribution in [1.82, 2.24) is 0 Å². The molecular weight excluding hydrogens is 304 g/mol. The van der Waals surface area contributed by atoms with Crippen LogP contribution in [0.2, 0.25) is 0 Å². The summed E-state index contributed by atoms with van der Waals surface area (Å²) in [4.78, 5) is 12.3. The number of rotatable bonds is 4. The molecule has 0 atom stereocenters.